The molecule has 0 aliphatic rings. The average molecular weight is 286 g/mol. The van der Waals surface area contributed by atoms with Crippen molar-refractivity contribution in [1.29, 1.82) is 0 Å². The molecule has 0 unspecified atom stereocenters. The molecule has 0 bridgehead atoms. The van der Waals surface area contributed by atoms with E-state index in [1.807, 2.05) is 0 Å². The number of amides is 1. The number of anilines is 1. The van der Waals surface area contributed by atoms with Crippen LogP contribution in [-0.2, 0) is 11.3 Å². The van der Waals surface area contributed by atoms with E-state index in [-0.39, 0.29) is 23.2 Å². The smallest absolute Gasteiger partial charge is 0.288 e. The molecular weight excluding hydrogens is 270 g/mol. The highest BCUT2D eigenvalue weighted by molar-refractivity contribution is 6.33. The third kappa shape index (κ3) is 3.82. The van der Waals surface area contributed by atoms with Crippen molar-refractivity contribution in [3.63, 3.8) is 0 Å². The standard InChI is InChI=1S/C12H16ClN3O3/c1-12(2,3)11(17)15-6-7-4-10(16(18)19)8(13)5-9(7)14/h4-5H,6,14H2,1-3H3,(H,15,17). The molecule has 0 saturated heterocycles. The van der Waals surface area contributed by atoms with E-state index in [0.717, 1.165) is 0 Å². The van der Waals surface area contributed by atoms with Crippen LogP contribution in [0.25, 0.3) is 0 Å². The first-order valence-electron chi connectivity index (χ1n) is 5.63. The molecule has 6 nitrogen and oxygen atoms in total. The zero-order valence-electron chi connectivity index (χ0n) is 11.0. The Labute approximate surface area is 116 Å². The zero-order chi connectivity index (χ0) is 14.8. The number of nitrogens with two attached hydrogens (primary N) is 1. The first-order valence-corrected chi connectivity index (χ1v) is 6.01. The lowest BCUT2D eigenvalue weighted by Crippen LogP contribution is -2.34. The van der Waals surface area contributed by atoms with Crippen LogP contribution >= 0.6 is 11.6 Å². The number of nitro benzene ring substituents is 1. The molecule has 0 heterocycles. The maximum Gasteiger partial charge on any atom is 0.288 e. The van der Waals surface area contributed by atoms with Gasteiger partial charge in [-0.05, 0) is 6.07 Å². The summed E-state index contributed by atoms with van der Waals surface area (Å²) in [6.07, 6.45) is 0. The van der Waals surface area contributed by atoms with Crippen molar-refractivity contribution in [2.45, 2.75) is 27.3 Å². The highest BCUT2D eigenvalue weighted by Gasteiger charge is 2.22. The molecule has 1 aromatic carbocycles. The van der Waals surface area contributed by atoms with Crippen molar-refractivity contribution >= 4 is 28.9 Å². The fourth-order valence-corrected chi connectivity index (χ4v) is 1.60. The molecule has 1 rings (SSSR count). The number of nitrogens with zero attached hydrogens (tertiary/aromatic N) is 1. The van der Waals surface area contributed by atoms with Gasteiger partial charge >= 0.3 is 0 Å². The Hall–Kier alpha value is -1.82. The number of carbonyl (C=O) groups is 1. The second-order valence-electron chi connectivity index (χ2n) is 5.19. The Morgan fingerprint density at radius 2 is 2.05 bits per heavy atom. The molecule has 19 heavy (non-hydrogen) atoms. The summed E-state index contributed by atoms with van der Waals surface area (Å²) in [6.45, 7) is 5.45. The van der Waals surface area contributed by atoms with Crippen LogP contribution in [0.1, 0.15) is 26.3 Å². The maximum atomic E-state index is 11.7. The fraction of sp³-hybridized carbons (Fsp3) is 0.417. The van der Waals surface area contributed by atoms with E-state index in [2.05, 4.69) is 5.32 Å². The van der Waals surface area contributed by atoms with Gasteiger partial charge in [-0.2, -0.15) is 0 Å². The lowest BCUT2D eigenvalue weighted by molar-refractivity contribution is -0.384. The number of hydrogen-bond acceptors (Lipinski definition) is 4. The third-order valence-electron chi connectivity index (χ3n) is 2.53. The Balaban J connectivity index is 2.93. The van der Waals surface area contributed by atoms with E-state index in [0.29, 0.717) is 11.3 Å². The predicted octanol–water partition coefficient (Wildman–Crippen LogP) is 2.49. The first-order chi connectivity index (χ1) is 8.62. The molecule has 0 saturated carbocycles. The Kier molecular flexibility index (Phi) is 4.36. The minimum atomic E-state index is -0.586. The lowest BCUT2D eigenvalue weighted by atomic mass is 9.95. The van der Waals surface area contributed by atoms with Crippen molar-refractivity contribution in [2.75, 3.05) is 5.73 Å². The SMILES string of the molecule is CC(C)(C)C(=O)NCc1cc([N+](=O)[O-])c(Cl)cc1N. The molecule has 0 aliphatic heterocycles. The van der Waals surface area contributed by atoms with Gasteiger partial charge in [0.1, 0.15) is 5.02 Å². The minimum Gasteiger partial charge on any atom is -0.398 e. The third-order valence-corrected chi connectivity index (χ3v) is 2.83. The normalized spacial score (nSPS) is 11.2. The predicted molar refractivity (Wildman–Crippen MR) is 73.8 cm³/mol. The van der Waals surface area contributed by atoms with Gasteiger partial charge in [-0.25, -0.2) is 0 Å². The summed E-state index contributed by atoms with van der Waals surface area (Å²) in [4.78, 5) is 21.9. The lowest BCUT2D eigenvalue weighted by Gasteiger charge is -2.18. The summed E-state index contributed by atoms with van der Waals surface area (Å²) >= 11 is 5.72. The molecule has 104 valence electrons. The van der Waals surface area contributed by atoms with E-state index in [1.165, 1.54) is 12.1 Å². The molecule has 0 atom stereocenters. The van der Waals surface area contributed by atoms with Gasteiger partial charge in [0.2, 0.25) is 5.91 Å². The molecular formula is C12H16ClN3O3. The number of nitro groups is 1. The highest BCUT2D eigenvalue weighted by atomic mass is 35.5. The van der Waals surface area contributed by atoms with Gasteiger partial charge < -0.3 is 11.1 Å². The minimum absolute atomic E-state index is 0.0200. The van der Waals surface area contributed by atoms with Gasteiger partial charge in [0, 0.05) is 29.3 Å². The number of nitrogens with one attached hydrogen (secondary N) is 1. The highest BCUT2D eigenvalue weighted by Crippen LogP contribution is 2.29. The maximum absolute atomic E-state index is 11.7. The van der Waals surface area contributed by atoms with Gasteiger partial charge in [-0.3, -0.25) is 14.9 Å². The quantitative estimate of drug-likeness (QED) is 0.506. The number of benzene rings is 1. The van der Waals surface area contributed by atoms with E-state index in [4.69, 9.17) is 17.3 Å². The molecule has 0 aromatic heterocycles. The van der Waals surface area contributed by atoms with Crippen LogP contribution < -0.4 is 11.1 Å². The monoisotopic (exact) mass is 285 g/mol. The van der Waals surface area contributed by atoms with Gasteiger partial charge in [0.25, 0.3) is 5.69 Å². The van der Waals surface area contributed by atoms with Crippen LogP contribution in [-0.4, -0.2) is 10.8 Å². The van der Waals surface area contributed by atoms with E-state index < -0.39 is 10.3 Å². The van der Waals surface area contributed by atoms with Crippen molar-refractivity contribution in [2.24, 2.45) is 5.41 Å². The second-order valence-corrected chi connectivity index (χ2v) is 5.60. The Bertz CT molecular complexity index is 524. The van der Waals surface area contributed by atoms with Crippen LogP contribution in [0.5, 0.6) is 0 Å². The van der Waals surface area contributed by atoms with Crippen molar-refractivity contribution in [3.8, 4) is 0 Å². The van der Waals surface area contributed by atoms with Gasteiger partial charge in [0.15, 0.2) is 0 Å². The number of nitrogen functional groups attached to an aromatic ring is 1. The second kappa shape index (κ2) is 5.44. The number of carbonyl (C=O) groups excluding carboxylic acids is 1. The van der Waals surface area contributed by atoms with Crippen molar-refractivity contribution in [1.82, 2.24) is 5.32 Å². The summed E-state index contributed by atoms with van der Waals surface area (Å²) in [5.74, 6) is -0.162. The number of halogens is 1. The fourth-order valence-electron chi connectivity index (χ4n) is 1.35. The van der Waals surface area contributed by atoms with E-state index in [1.54, 1.807) is 20.8 Å². The number of hydrogen-bond donors (Lipinski definition) is 2. The Morgan fingerprint density at radius 1 is 1.47 bits per heavy atom. The summed E-state index contributed by atoms with van der Waals surface area (Å²) in [5.41, 5.74) is 5.74. The molecule has 7 heteroatoms. The summed E-state index contributed by atoms with van der Waals surface area (Å²) in [5, 5.41) is 13.4. The largest absolute Gasteiger partial charge is 0.398 e. The zero-order valence-corrected chi connectivity index (χ0v) is 11.7. The average Bonchev–Trinajstić information content (AvgIpc) is 2.25. The molecule has 0 radical (unpaired) electrons. The van der Waals surface area contributed by atoms with Crippen LogP contribution in [0.2, 0.25) is 5.02 Å². The molecule has 0 aliphatic carbocycles. The van der Waals surface area contributed by atoms with E-state index in [9.17, 15) is 14.9 Å². The first kappa shape index (κ1) is 15.2. The number of rotatable bonds is 3. The molecule has 0 fully saturated rings. The van der Waals surface area contributed by atoms with Crippen LogP contribution in [0.15, 0.2) is 12.1 Å². The summed E-state index contributed by atoms with van der Waals surface area (Å²) in [6, 6.07) is 2.60. The summed E-state index contributed by atoms with van der Waals surface area (Å²) in [7, 11) is 0. The van der Waals surface area contributed by atoms with Crippen LogP contribution in [0, 0.1) is 15.5 Å². The Morgan fingerprint density at radius 3 is 2.53 bits per heavy atom. The molecule has 1 amide bonds. The van der Waals surface area contributed by atoms with Gasteiger partial charge in [-0.15, -0.1) is 0 Å². The topological polar surface area (TPSA) is 98.3 Å². The van der Waals surface area contributed by atoms with Crippen molar-refractivity contribution in [3.05, 3.63) is 32.8 Å². The summed E-state index contributed by atoms with van der Waals surface area (Å²) < 4.78 is 0. The molecule has 1 aromatic rings. The van der Waals surface area contributed by atoms with Crippen LogP contribution in [0.4, 0.5) is 11.4 Å². The molecule has 3 N–H and O–H groups in total. The van der Waals surface area contributed by atoms with Crippen LogP contribution in [0.3, 0.4) is 0 Å². The van der Waals surface area contributed by atoms with E-state index >= 15 is 0 Å². The van der Waals surface area contributed by atoms with Crippen molar-refractivity contribution < 1.29 is 9.72 Å². The van der Waals surface area contributed by atoms with Gasteiger partial charge in [-0.1, -0.05) is 32.4 Å². The van der Waals surface area contributed by atoms with Gasteiger partial charge in [0.05, 0.1) is 4.92 Å². The molecule has 0 spiro atoms.